The third-order valence-electron chi connectivity index (χ3n) is 3.39. The second-order valence-electron chi connectivity index (χ2n) is 5.28. The van der Waals surface area contributed by atoms with E-state index in [0.717, 1.165) is 16.8 Å². The predicted molar refractivity (Wildman–Crippen MR) is 90.3 cm³/mol. The number of anilines is 1. The molecule has 0 bridgehead atoms. The number of nitrogens with zero attached hydrogens (tertiary/aromatic N) is 3. The number of nitrogens with two attached hydrogens (primary N) is 1. The molecule has 0 spiro atoms. The van der Waals surface area contributed by atoms with Crippen molar-refractivity contribution < 1.29 is 9.32 Å². The monoisotopic (exact) mass is 339 g/mol. The number of aryl methyl sites for hydroxylation is 1. The minimum atomic E-state index is -0.0845. The van der Waals surface area contributed by atoms with Gasteiger partial charge in [-0.3, -0.25) is 9.69 Å². The standard InChI is InChI=1S/C15H21N5O2.ClH/c1-10-5-4-6-12(11(10)2)17-14(21)9-20(3)8-13-18-15(7-16)22-19-13;/h4-6H,7-9,16H2,1-3H3,(H,17,21);1H. The number of carbonyl (C=O) groups is 1. The fraction of sp³-hybridized carbons (Fsp3) is 0.400. The smallest absolute Gasteiger partial charge is 0.240 e. The van der Waals surface area contributed by atoms with Gasteiger partial charge in [-0.2, -0.15) is 4.98 Å². The van der Waals surface area contributed by atoms with Crippen LogP contribution in [-0.4, -0.2) is 34.5 Å². The van der Waals surface area contributed by atoms with E-state index in [1.165, 1.54) is 0 Å². The van der Waals surface area contributed by atoms with Crippen molar-refractivity contribution in [2.45, 2.75) is 26.9 Å². The molecular formula is C15H22ClN5O2. The summed E-state index contributed by atoms with van der Waals surface area (Å²) in [5.74, 6) is 0.824. The van der Waals surface area contributed by atoms with Gasteiger partial charge < -0.3 is 15.6 Å². The summed E-state index contributed by atoms with van der Waals surface area (Å²) in [4.78, 5) is 18.0. The van der Waals surface area contributed by atoms with Crippen molar-refractivity contribution in [1.29, 1.82) is 0 Å². The van der Waals surface area contributed by atoms with Crippen molar-refractivity contribution >= 4 is 24.0 Å². The Bertz CT molecular complexity index is 659. The number of amides is 1. The van der Waals surface area contributed by atoms with Gasteiger partial charge in [0.05, 0.1) is 19.6 Å². The molecule has 3 N–H and O–H groups in total. The molecule has 0 radical (unpaired) electrons. The zero-order chi connectivity index (χ0) is 16.1. The SMILES string of the molecule is Cc1cccc(NC(=O)CN(C)Cc2noc(CN)n2)c1C.Cl. The molecule has 0 unspecified atom stereocenters. The van der Waals surface area contributed by atoms with Crippen LogP contribution >= 0.6 is 12.4 Å². The van der Waals surface area contributed by atoms with Crippen molar-refractivity contribution in [3.05, 3.63) is 41.0 Å². The molecule has 0 saturated carbocycles. The normalized spacial score (nSPS) is 10.5. The van der Waals surface area contributed by atoms with Crippen LogP contribution in [0.1, 0.15) is 22.8 Å². The van der Waals surface area contributed by atoms with Crippen LogP contribution in [0.25, 0.3) is 0 Å². The van der Waals surface area contributed by atoms with Crippen LogP contribution < -0.4 is 11.1 Å². The summed E-state index contributed by atoms with van der Waals surface area (Å²) < 4.78 is 4.93. The molecule has 0 fully saturated rings. The van der Waals surface area contributed by atoms with Crippen LogP contribution in [0.4, 0.5) is 5.69 Å². The molecule has 7 nitrogen and oxygen atoms in total. The number of hydrogen-bond acceptors (Lipinski definition) is 6. The number of benzene rings is 1. The van der Waals surface area contributed by atoms with Crippen molar-refractivity contribution in [3.8, 4) is 0 Å². The number of rotatable bonds is 6. The Kier molecular flexibility index (Phi) is 7.15. The van der Waals surface area contributed by atoms with E-state index in [9.17, 15) is 4.79 Å². The summed E-state index contributed by atoms with van der Waals surface area (Å²) in [5.41, 5.74) is 8.47. The zero-order valence-corrected chi connectivity index (χ0v) is 14.3. The molecule has 0 aliphatic carbocycles. The Labute approximate surface area is 141 Å². The molecule has 1 amide bonds. The van der Waals surface area contributed by atoms with Gasteiger partial charge in [-0.05, 0) is 38.1 Å². The highest BCUT2D eigenvalue weighted by atomic mass is 35.5. The molecule has 2 rings (SSSR count). The Morgan fingerprint density at radius 2 is 2.13 bits per heavy atom. The van der Waals surface area contributed by atoms with Crippen LogP contribution in [0.3, 0.4) is 0 Å². The molecular weight excluding hydrogens is 318 g/mol. The molecule has 2 aromatic rings. The number of nitrogens with one attached hydrogen (secondary N) is 1. The molecule has 8 heteroatoms. The van der Waals surface area contributed by atoms with Gasteiger partial charge in [0, 0.05) is 5.69 Å². The number of aromatic nitrogens is 2. The summed E-state index contributed by atoms with van der Waals surface area (Å²) in [6, 6.07) is 5.84. The Morgan fingerprint density at radius 1 is 1.39 bits per heavy atom. The van der Waals surface area contributed by atoms with Crippen LogP contribution in [0.15, 0.2) is 22.7 Å². The van der Waals surface area contributed by atoms with Gasteiger partial charge in [0.2, 0.25) is 11.8 Å². The second-order valence-corrected chi connectivity index (χ2v) is 5.28. The maximum atomic E-state index is 12.1. The minimum Gasteiger partial charge on any atom is -0.338 e. The topological polar surface area (TPSA) is 97.3 Å². The van der Waals surface area contributed by atoms with Crippen LogP contribution in [0.5, 0.6) is 0 Å². The third-order valence-corrected chi connectivity index (χ3v) is 3.39. The van der Waals surface area contributed by atoms with Gasteiger partial charge in [0.25, 0.3) is 0 Å². The van der Waals surface area contributed by atoms with E-state index >= 15 is 0 Å². The summed E-state index contributed by atoms with van der Waals surface area (Å²) in [5, 5.41) is 6.72. The van der Waals surface area contributed by atoms with E-state index in [4.69, 9.17) is 10.3 Å². The first-order valence-electron chi connectivity index (χ1n) is 7.05. The molecule has 0 aliphatic rings. The molecule has 1 aromatic carbocycles. The summed E-state index contributed by atoms with van der Waals surface area (Å²) in [6.45, 7) is 4.87. The molecule has 126 valence electrons. The summed E-state index contributed by atoms with van der Waals surface area (Å²) in [6.07, 6.45) is 0. The average molecular weight is 340 g/mol. The minimum absolute atomic E-state index is 0. The summed E-state index contributed by atoms with van der Waals surface area (Å²) >= 11 is 0. The lowest BCUT2D eigenvalue weighted by Crippen LogP contribution is -2.30. The number of hydrogen-bond donors (Lipinski definition) is 2. The van der Waals surface area contributed by atoms with Gasteiger partial charge in [0.1, 0.15) is 0 Å². The van der Waals surface area contributed by atoms with E-state index in [0.29, 0.717) is 18.3 Å². The van der Waals surface area contributed by atoms with Crippen LogP contribution in [0, 0.1) is 13.8 Å². The van der Waals surface area contributed by atoms with E-state index in [1.807, 2.05) is 44.0 Å². The zero-order valence-electron chi connectivity index (χ0n) is 13.5. The molecule has 1 heterocycles. The van der Waals surface area contributed by atoms with Crippen molar-refractivity contribution in [2.24, 2.45) is 5.73 Å². The van der Waals surface area contributed by atoms with Crippen LogP contribution in [-0.2, 0) is 17.9 Å². The third kappa shape index (κ3) is 5.31. The lowest BCUT2D eigenvalue weighted by molar-refractivity contribution is -0.117. The molecule has 23 heavy (non-hydrogen) atoms. The Balaban J connectivity index is 0.00000264. The van der Waals surface area contributed by atoms with Crippen molar-refractivity contribution in [3.63, 3.8) is 0 Å². The average Bonchev–Trinajstić information content (AvgIpc) is 2.91. The van der Waals surface area contributed by atoms with E-state index in [-0.39, 0.29) is 31.4 Å². The quantitative estimate of drug-likeness (QED) is 0.830. The fourth-order valence-corrected chi connectivity index (χ4v) is 2.06. The maximum absolute atomic E-state index is 12.1. The van der Waals surface area contributed by atoms with E-state index < -0.39 is 0 Å². The highest BCUT2D eigenvalue weighted by molar-refractivity contribution is 5.93. The molecule has 0 atom stereocenters. The Morgan fingerprint density at radius 3 is 2.78 bits per heavy atom. The predicted octanol–water partition coefficient (Wildman–Crippen LogP) is 1.64. The lowest BCUT2D eigenvalue weighted by atomic mass is 10.1. The number of likely N-dealkylation sites (N-methyl/N-ethyl adjacent to an activating group) is 1. The van der Waals surface area contributed by atoms with E-state index in [1.54, 1.807) is 0 Å². The van der Waals surface area contributed by atoms with Gasteiger partial charge in [0.15, 0.2) is 5.82 Å². The van der Waals surface area contributed by atoms with Gasteiger partial charge in [-0.1, -0.05) is 17.3 Å². The van der Waals surface area contributed by atoms with Gasteiger partial charge in [-0.25, -0.2) is 0 Å². The lowest BCUT2D eigenvalue weighted by Gasteiger charge is -2.15. The maximum Gasteiger partial charge on any atom is 0.240 e. The largest absolute Gasteiger partial charge is 0.338 e. The fourth-order valence-electron chi connectivity index (χ4n) is 2.06. The first-order valence-corrected chi connectivity index (χ1v) is 7.05. The first-order chi connectivity index (χ1) is 10.5. The summed E-state index contributed by atoms with van der Waals surface area (Å²) in [7, 11) is 1.82. The second kappa shape index (κ2) is 8.61. The van der Waals surface area contributed by atoms with Crippen LogP contribution in [0.2, 0.25) is 0 Å². The first kappa shape index (κ1) is 19.1. The van der Waals surface area contributed by atoms with Gasteiger partial charge >= 0.3 is 0 Å². The number of carbonyl (C=O) groups excluding carboxylic acids is 1. The molecule has 0 aliphatic heterocycles. The highest BCUT2D eigenvalue weighted by Crippen LogP contribution is 2.17. The molecule has 0 saturated heterocycles. The Hall–Kier alpha value is -1.96. The highest BCUT2D eigenvalue weighted by Gasteiger charge is 2.12. The van der Waals surface area contributed by atoms with Crippen molar-refractivity contribution in [2.75, 3.05) is 18.9 Å². The van der Waals surface area contributed by atoms with Gasteiger partial charge in [-0.15, -0.1) is 12.4 Å². The molecule has 1 aromatic heterocycles. The number of halogens is 1. The van der Waals surface area contributed by atoms with E-state index in [2.05, 4.69) is 15.5 Å². The van der Waals surface area contributed by atoms with Crippen molar-refractivity contribution in [1.82, 2.24) is 15.0 Å².